The number of H-pyrrole nitrogens is 2. The molecule has 5 rings (SSSR count). The molecular weight excluding hydrogens is 477 g/mol. The predicted octanol–water partition coefficient (Wildman–Crippen LogP) is 4.78. The summed E-state index contributed by atoms with van der Waals surface area (Å²) in [5.41, 5.74) is 3.57. The molecular formula is C27H30FN5O4. The van der Waals surface area contributed by atoms with E-state index < -0.39 is 11.8 Å². The van der Waals surface area contributed by atoms with E-state index in [1.54, 1.807) is 29.2 Å². The van der Waals surface area contributed by atoms with Gasteiger partial charge in [-0.05, 0) is 79.8 Å². The maximum atomic E-state index is 13.8. The van der Waals surface area contributed by atoms with Gasteiger partial charge in [-0.25, -0.2) is 14.0 Å². The molecule has 3 amide bonds. The van der Waals surface area contributed by atoms with E-state index in [-0.39, 0.29) is 23.4 Å². The zero-order valence-electron chi connectivity index (χ0n) is 20.4. The molecule has 2 aliphatic rings. The number of rotatable bonds is 5. The minimum atomic E-state index is -0.526. The van der Waals surface area contributed by atoms with E-state index in [0.717, 1.165) is 48.9 Å². The monoisotopic (exact) mass is 507 g/mol. The van der Waals surface area contributed by atoms with E-state index in [0.29, 0.717) is 31.1 Å². The first-order valence-corrected chi connectivity index (χ1v) is 12.6. The normalized spacial score (nSPS) is 19.1. The Kier molecular flexibility index (Phi) is 7.25. The van der Waals surface area contributed by atoms with Gasteiger partial charge in [0.1, 0.15) is 11.9 Å². The van der Waals surface area contributed by atoms with Crippen molar-refractivity contribution in [1.29, 1.82) is 0 Å². The average molecular weight is 508 g/mol. The Bertz CT molecular complexity index is 1330. The number of amides is 3. The molecule has 37 heavy (non-hydrogen) atoms. The van der Waals surface area contributed by atoms with Crippen LogP contribution >= 0.6 is 0 Å². The third-order valence-corrected chi connectivity index (χ3v) is 7.08. The van der Waals surface area contributed by atoms with Gasteiger partial charge < -0.3 is 25.4 Å². The molecule has 1 saturated carbocycles. The van der Waals surface area contributed by atoms with Gasteiger partial charge in [0.25, 0.3) is 5.56 Å². The van der Waals surface area contributed by atoms with Gasteiger partial charge in [0.05, 0.1) is 5.69 Å². The fourth-order valence-electron chi connectivity index (χ4n) is 5.10. The second kappa shape index (κ2) is 10.9. The topological polar surface area (TPSA) is 119 Å². The molecule has 1 aliphatic carbocycles. The molecule has 1 aromatic heterocycles. The Labute approximate surface area is 213 Å². The molecule has 1 aliphatic heterocycles. The molecule has 9 nitrogen and oxygen atoms in total. The van der Waals surface area contributed by atoms with Crippen molar-refractivity contribution in [3.8, 4) is 0 Å². The molecule has 0 unspecified atom stereocenters. The lowest BCUT2D eigenvalue weighted by molar-refractivity contribution is 0.0351. The quantitative estimate of drug-likeness (QED) is 0.397. The number of hydrogen-bond donors (Lipinski definition) is 4. The molecule has 1 fully saturated rings. The highest BCUT2D eigenvalue weighted by molar-refractivity contribution is 5.99. The first-order valence-electron chi connectivity index (χ1n) is 12.6. The number of carbonyl (C=O) groups is 2. The summed E-state index contributed by atoms with van der Waals surface area (Å²) < 4.78 is 19.6. The summed E-state index contributed by atoms with van der Waals surface area (Å²) in [6.45, 7) is 0.985. The minimum absolute atomic E-state index is 0.0880. The van der Waals surface area contributed by atoms with E-state index in [1.807, 2.05) is 12.1 Å². The summed E-state index contributed by atoms with van der Waals surface area (Å²) in [5, 5.41) is 10.7. The van der Waals surface area contributed by atoms with Crippen molar-refractivity contribution in [3.63, 3.8) is 0 Å². The number of halogens is 1. The SMILES string of the molecule is O=C(Nc1ccc2c(c1)CCN(C(=O)OC1CCC(Cc3cc(=O)[nH][nH]3)CC1)C2)Nc1ccccc1F. The highest BCUT2D eigenvalue weighted by Crippen LogP contribution is 2.30. The summed E-state index contributed by atoms with van der Waals surface area (Å²) in [6.07, 6.45) is 4.63. The number of hydrogen-bond acceptors (Lipinski definition) is 4. The van der Waals surface area contributed by atoms with Gasteiger partial charge in [0, 0.05) is 30.5 Å². The second-order valence-electron chi connectivity index (χ2n) is 9.73. The first kappa shape index (κ1) is 24.6. The lowest BCUT2D eigenvalue weighted by Gasteiger charge is -2.32. The molecule has 3 aromatic rings. The number of carbonyl (C=O) groups excluding carboxylic acids is 2. The number of aromatic nitrogens is 2. The Hall–Kier alpha value is -4.08. The van der Waals surface area contributed by atoms with Crippen molar-refractivity contribution < 1.29 is 18.7 Å². The standard InChI is InChI=1S/C27H30FN5O4/c28-23-3-1-2-4-24(23)30-26(35)29-20-8-7-19-16-33(12-11-18(19)14-20)27(36)37-22-9-5-17(6-10-22)13-21-15-25(34)32-31-21/h1-4,7-8,14-15,17,22H,5-6,9-13,16H2,(H2,29,30,35)(H2,31,32,34). The van der Waals surface area contributed by atoms with Gasteiger partial charge in [-0.15, -0.1) is 0 Å². The number of ether oxygens (including phenoxy) is 1. The maximum Gasteiger partial charge on any atom is 0.410 e. The highest BCUT2D eigenvalue weighted by Gasteiger charge is 2.28. The van der Waals surface area contributed by atoms with Crippen molar-refractivity contribution in [2.45, 2.75) is 51.2 Å². The number of fused-ring (bicyclic) bond motifs is 1. The number of nitrogens with zero attached hydrogens (tertiary/aromatic N) is 1. The van der Waals surface area contributed by atoms with Crippen LogP contribution in [-0.2, 0) is 24.1 Å². The fraction of sp³-hybridized carbons (Fsp3) is 0.370. The molecule has 2 heterocycles. The van der Waals surface area contributed by atoms with E-state index >= 15 is 0 Å². The van der Waals surface area contributed by atoms with Crippen molar-refractivity contribution >= 4 is 23.5 Å². The lowest BCUT2D eigenvalue weighted by Crippen LogP contribution is -2.39. The van der Waals surface area contributed by atoms with Crippen molar-refractivity contribution in [1.82, 2.24) is 15.1 Å². The molecule has 0 saturated heterocycles. The van der Waals surface area contributed by atoms with Gasteiger partial charge in [-0.3, -0.25) is 9.89 Å². The summed E-state index contributed by atoms with van der Waals surface area (Å²) in [4.78, 5) is 38.1. The molecule has 0 atom stereocenters. The Morgan fingerprint density at radius 2 is 1.81 bits per heavy atom. The van der Waals surface area contributed by atoms with E-state index in [9.17, 15) is 18.8 Å². The predicted molar refractivity (Wildman–Crippen MR) is 137 cm³/mol. The molecule has 10 heteroatoms. The summed E-state index contributed by atoms with van der Waals surface area (Å²) in [6, 6.07) is 12.6. The van der Waals surface area contributed by atoms with Gasteiger partial charge >= 0.3 is 12.1 Å². The summed E-state index contributed by atoms with van der Waals surface area (Å²) >= 11 is 0. The third-order valence-electron chi connectivity index (χ3n) is 7.08. The maximum absolute atomic E-state index is 13.8. The zero-order valence-corrected chi connectivity index (χ0v) is 20.4. The Morgan fingerprint density at radius 3 is 2.57 bits per heavy atom. The van der Waals surface area contributed by atoms with Crippen LogP contribution in [0, 0.1) is 11.7 Å². The van der Waals surface area contributed by atoms with Crippen molar-refractivity contribution in [3.05, 3.63) is 81.5 Å². The van der Waals surface area contributed by atoms with E-state index in [2.05, 4.69) is 20.8 Å². The van der Waals surface area contributed by atoms with Crippen LogP contribution in [-0.4, -0.2) is 39.9 Å². The molecule has 0 spiro atoms. The number of aromatic amines is 2. The first-order chi connectivity index (χ1) is 17.9. The highest BCUT2D eigenvalue weighted by atomic mass is 19.1. The number of para-hydroxylation sites is 1. The van der Waals surface area contributed by atoms with Crippen LogP contribution in [0.1, 0.15) is 42.5 Å². The van der Waals surface area contributed by atoms with Crippen LogP contribution in [0.25, 0.3) is 0 Å². The number of anilines is 2. The van der Waals surface area contributed by atoms with E-state index in [4.69, 9.17) is 4.74 Å². The van der Waals surface area contributed by atoms with Gasteiger partial charge in [0.15, 0.2) is 0 Å². The number of benzene rings is 2. The Balaban J connectivity index is 1.09. The Morgan fingerprint density at radius 1 is 1.00 bits per heavy atom. The van der Waals surface area contributed by atoms with Gasteiger partial charge in [0.2, 0.25) is 0 Å². The number of urea groups is 1. The average Bonchev–Trinajstić information content (AvgIpc) is 3.30. The zero-order chi connectivity index (χ0) is 25.8. The fourth-order valence-corrected chi connectivity index (χ4v) is 5.10. The van der Waals surface area contributed by atoms with Crippen LogP contribution in [0.4, 0.5) is 25.4 Å². The largest absolute Gasteiger partial charge is 0.446 e. The molecule has 0 radical (unpaired) electrons. The lowest BCUT2D eigenvalue weighted by atomic mass is 9.84. The van der Waals surface area contributed by atoms with Crippen LogP contribution in [0.3, 0.4) is 0 Å². The van der Waals surface area contributed by atoms with Crippen molar-refractivity contribution in [2.75, 3.05) is 17.2 Å². The van der Waals surface area contributed by atoms with Crippen molar-refractivity contribution in [2.24, 2.45) is 5.92 Å². The minimum Gasteiger partial charge on any atom is -0.446 e. The summed E-state index contributed by atoms with van der Waals surface area (Å²) in [5.74, 6) is -0.0303. The molecule has 194 valence electrons. The van der Waals surface area contributed by atoms with E-state index in [1.165, 1.54) is 12.1 Å². The molecule has 4 N–H and O–H groups in total. The molecule has 0 bridgehead atoms. The molecule has 2 aromatic carbocycles. The van der Waals surface area contributed by atoms with Crippen LogP contribution in [0.5, 0.6) is 0 Å². The van der Waals surface area contributed by atoms with Gasteiger partial charge in [-0.1, -0.05) is 18.2 Å². The second-order valence-corrected chi connectivity index (χ2v) is 9.73. The van der Waals surface area contributed by atoms with Crippen LogP contribution in [0.2, 0.25) is 0 Å². The smallest absolute Gasteiger partial charge is 0.410 e. The number of nitrogens with one attached hydrogen (secondary N) is 4. The van der Waals surface area contributed by atoms with Crippen LogP contribution < -0.4 is 16.2 Å². The van der Waals surface area contributed by atoms with Crippen LogP contribution in [0.15, 0.2) is 53.3 Å². The van der Waals surface area contributed by atoms with Gasteiger partial charge in [-0.2, -0.15) is 0 Å². The third kappa shape index (κ3) is 6.19. The summed E-state index contributed by atoms with van der Waals surface area (Å²) in [7, 11) is 0.